The summed E-state index contributed by atoms with van der Waals surface area (Å²) in [6.45, 7) is 1.06. The van der Waals surface area contributed by atoms with Crippen molar-refractivity contribution in [3.8, 4) is 5.75 Å². The number of anilines is 1. The fourth-order valence-electron chi connectivity index (χ4n) is 1.54. The molecule has 0 saturated heterocycles. The average Bonchev–Trinajstić information content (AvgIpc) is 2.91. The van der Waals surface area contributed by atoms with Gasteiger partial charge in [0.2, 0.25) is 0 Å². The highest BCUT2D eigenvalue weighted by Crippen LogP contribution is 2.19. The summed E-state index contributed by atoms with van der Waals surface area (Å²) in [5, 5.41) is 4.66. The zero-order chi connectivity index (χ0) is 13.5. The summed E-state index contributed by atoms with van der Waals surface area (Å²) in [5.41, 5.74) is 4.46. The van der Waals surface area contributed by atoms with Gasteiger partial charge in [-0.05, 0) is 24.1 Å². The van der Waals surface area contributed by atoms with Crippen LogP contribution in [-0.4, -0.2) is 23.3 Å². The average molecular weight is 280 g/mol. The Balaban J connectivity index is 1.89. The molecule has 0 radical (unpaired) electrons. The summed E-state index contributed by atoms with van der Waals surface area (Å²) < 4.78 is 14.5. The van der Waals surface area contributed by atoms with Gasteiger partial charge in [0.05, 0.1) is 6.61 Å². The highest BCUT2D eigenvalue weighted by molar-refractivity contribution is 7.10. The Morgan fingerprint density at radius 3 is 2.79 bits per heavy atom. The highest BCUT2D eigenvalue weighted by Gasteiger charge is 2.07. The van der Waals surface area contributed by atoms with Gasteiger partial charge < -0.3 is 14.9 Å². The highest BCUT2D eigenvalue weighted by atomic mass is 32.1. The van der Waals surface area contributed by atoms with E-state index in [-0.39, 0.29) is 0 Å². The van der Waals surface area contributed by atoms with E-state index in [9.17, 15) is 0 Å². The van der Waals surface area contributed by atoms with Crippen molar-refractivity contribution in [2.45, 2.75) is 13.0 Å². The number of nitrogens with two attached hydrogens (primary N) is 1. The van der Waals surface area contributed by atoms with Crippen LogP contribution in [0.25, 0.3) is 0 Å². The van der Waals surface area contributed by atoms with Crippen molar-refractivity contribution in [3.05, 3.63) is 35.5 Å². The second-order valence-corrected chi connectivity index (χ2v) is 4.62. The first kappa shape index (κ1) is 13.7. The van der Waals surface area contributed by atoms with Gasteiger partial charge in [-0.1, -0.05) is 16.6 Å². The lowest BCUT2D eigenvalue weighted by molar-refractivity contribution is 0.202. The van der Waals surface area contributed by atoms with Crippen LogP contribution < -0.4 is 16.0 Å². The normalized spacial score (nSPS) is 10.4. The fraction of sp³-hybridized carbons (Fsp3) is 0.333. The molecule has 0 atom stereocenters. The second-order valence-electron chi connectivity index (χ2n) is 3.87. The van der Waals surface area contributed by atoms with Gasteiger partial charge in [-0.2, -0.15) is 0 Å². The number of hydrazine groups is 1. The van der Waals surface area contributed by atoms with Gasteiger partial charge >= 0.3 is 0 Å². The number of methoxy groups -OCH3 is 1. The Labute approximate surface area is 115 Å². The second kappa shape index (κ2) is 7.03. The molecule has 2 rings (SSSR count). The molecule has 7 heteroatoms. The third kappa shape index (κ3) is 3.88. The number of nitrogens with one attached hydrogen (secondary N) is 1. The minimum atomic E-state index is 0.341. The fourth-order valence-corrected chi connectivity index (χ4v) is 2.02. The minimum Gasteiger partial charge on any atom is -0.487 e. The number of rotatable bonds is 7. The van der Waals surface area contributed by atoms with Crippen molar-refractivity contribution >= 4 is 16.5 Å². The summed E-state index contributed by atoms with van der Waals surface area (Å²) in [5.74, 6) is 6.13. The molecule has 0 spiro atoms. The summed E-state index contributed by atoms with van der Waals surface area (Å²) in [6, 6.07) is 7.91. The van der Waals surface area contributed by atoms with E-state index >= 15 is 0 Å². The van der Waals surface area contributed by atoms with Gasteiger partial charge in [0, 0.05) is 18.6 Å². The molecule has 0 saturated carbocycles. The zero-order valence-electron chi connectivity index (χ0n) is 10.6. The van der Waals surface area contributed by atoms with Crippen LogP contribution in [0.4, 0.5) is 5.00 Å². The summed E-state index contributed by atoms with van der Waals surface area (Å²) in [7, 11) is 1.70. The maximum absolute atomic E-state index is 5.63. The largest absolute Gasteiger partial charge is 0.487 e. The van der Waals surface area contributed by atoms with Crippen LogP contribution in [0.2, 0.25) is 0 Å². The summed E-state index contributed by atoms with van der Waals surface area (Å²) in [4.78, 5) is 0. The lowest BCUT2D eigenvalue weighted by Crippen LogP contribution is -2.08. The van der Waals surface area contributed by atoms with E-state index < -0.39 is 0 Å². The first-order chi connectivity index (χ1) is 9.33. The molecular weight excluding hydrogens is 264 g/mol. The molecule has 0 fully saturated rings. The molecule has 3 N–H and O–H groups in total. The standard InChI is InChI=1S/C12H16N4O2S/c1-17-7-6-9-2-4-10(5-3-9)18-8-11-12(14-13)19-16-15-11/h2-5,14H,6-8,13H2,1H3. The van der Waals surface area contributed by atoms with Gasteiger partial charge in [-0.25, -0.2) is 5.84 Å². The van der Waals surface area contributed by atoms with Crippen molar-refractivity contribution in [2.24, 2.45) is 5.84 Å². The molecule has 0 amide bonds. The first-order valence-corrected chi connectivity index (χ1v) is 6.59. The monoisotopic (exact) mass is 280 g/mol. The van der Waals surface area contributed by atoms with Crippen LogP contribution >= 0.6 is 11.5 Å². The maximum Gasteiger partial charge on any atom is 0.150 e. The minimum absolute atomic E-state index is 0.341. The van der Waals surface area contributed by atoms with Crippen molar-refractivity contribution in [1.29, 1.82) is 0 Å². The number of nitrogens with zero attached hydrogens (tertiary/aromatic N) is 2. The van der Waals surface area contributed by atoms with Crippen LogP contribution in [0.1, 0.15) is 11.3 Å². The summed E-state index contributed by atoms with van der Waals surface area (Å²) >= 11 is 1.21. The molecule has 1 aromatic carbocycles. The van der Waals surface area contributed by atoms with Crippen LogP contribution in [0, 0.1) is 0 Å². The van der Waals surface area contributed by atoms with Crippen molar-refractivity contribution in [3.63, 3.8) is 0 Å². The van der Waals surface area contributed by atoms with Gasteiger partial charge in [0.1, 0.15) is 18.1 Å². The topological polar surface area (TPSA) is 82.3 Å². The third-order valence-corrected chi connectivity index (χ3v) is 3.28. The molecular formula is C12H16N4O2S. The number of benzene rings is 1. The Kier molecular flexibility index (Phi) is 5.08. The molecule has 2 aromatic rings. The SMILES string of the molecule is COCCc1ccc(OCc2nnsc2NN)cc1. The van der Waals surface area contributed by atoms with Gasteiger partial charge in [-0.15, -0.1) is 5.10 Å². The molecule has 6 nitrogen and oxygen atoms in total. The maximum atomic E-state index is 5.63. The third-order valence-electron chi connectivity index (χ3n) is 2.58. The van der Waals surface area contributed by atoms with Crippen molar-refractivity contribution < 1.29 is 9.47 Å². The van der Waals surface area contributed by atoms with Crippen molar-refractivity contribution in [2.75, 3.05) is 19.1 Å². The molecule has 0 aliphatic rings. The van der Waals surface area contributed by atoms with E-state index in [0.717, 1.165) is 23.8 Å². The number of hydrogen-bond acceptors (Lipinski definition) is 7. The molecule has 102 valence electrons. The quantitative estimate of drug-likeness (QED) is 0.592. The molecule has 0 aliphatic heterocycles. The zero-order valence-corrected chi connectivity index (χ0v) is 11.4. The smallest absolute Gasteiger partial charge is 0.150 e. The van der Waals surface area contributed by atoms with E-state index in [1.54, 1.807) is 7.11 Å². The molecule has 1 heterocycles. The van der Waals surface area contributed by atoms with Crippen LogP contribution in [0.5, 0.6) is 5.75 Å². The van der Waals surface area contributed by atoms with Gasteiger partial charge in [-0.3, -0.25) is 0 Å². The van der Waals surface area contributed by atoms with Gasteiger partial charge in [0.15, 0.2) is 5.00 Å². The van der Waals surface area contributed by atoms with E-state index in [1.165, 1.54) is 17.1 Å². The van der Waals surface area contributed by atoms with E-state index in [1.807, 2.05) is 24.3 Å². The molecule has 0 aliphatic carbocycles. The van der Waals surface area contributed by atoms with Crippen molar-refractivity contribution in [1.82, 2.24) is 9.59 Å². The van der Waals surface area contributed by atoms with Crippen LogP contribution in [0.15, 0.2) is 24.3 Å². The van der Waals surface area contributed by atoms with Crippen LogP contribution in [-0.2, 0) is 17.8 Å². The Bertz CT molecular complexity index is 501. The lowest BCUT2D eigenvalue weighted by Gasteiger charge is -2.06. The van der Waals surface area contributed by atoms with Crippen LogP contribution in [0.3, 0.4) is 0 Å². The van der Waals surface area contributed by atoms with E-state index in [0.29, 0.717) is 12.3 Å². The predicted octanol–water partition coefficient (Wildman–Crippen LogP) is 1.59. The molecule has 1 aromatic heterocycles. The Morgan fingerprint density at radius 1 is 1.32 bits per heavy atom. The number of aromatic nitrogens is 2. The molecule has 19 heavy (non-hydrogen) atoms. The number of hydrogen-bond donors (Lipinski definition) is 2. The van der Waals surface area contributed by atoms with Gasteiger partial charge in [0.25, 0.3) is 0 Å². The number of ether oxygens (including phenoxy) is 2. The molecule has 0 bridgehead atoms. The number of nitrogen functional groups attached to an aromatic ring is 1. The lowest BCUT2D eigenvalue weighted by atomic mass is 10.1. The molecule has 0 unspecified atom stereocenters. The Hall–Kier alpha value is -1.70. The Morgan fingerprint density at radius 2 is 2.11 bits per heavy atom. The predicted molar refractivity (Wildman–Crippen MR) is 74.1 cm³/mol. The van der Waals surface area contributed by atoms with E-state index in [2.05, 4.69) is 15.0 Å². The summed E-state index contributed by atoms with van der Waals surface area (Å²) in [6.07, 6.45) is 0.897. The van der Waals surface area contributed by atoms with E-state index in [4.69, 9.17) is 15.3 Å². The first-order valence-electron chi connectivity index (χ1n) is 5.82.